The van der Waals surface area contributed by atoms with Crippen LogP contribution in [-0.2, 0) is 11.3 Å². The van der Waals surface area contributed by atoms with Gasteiger partial charge in [-0.25, -0.2) is 9.78 Å². The van der Waals surface area contributed by atoms with Crippen molar-refractivity contribution in [3.8, 4) is 11.5 Å². The van der Waals surface area contributed by atoms with Gasteiger partial charge in [0.15, 0.2) is 5.82 Å². The molecule has 144 valence electrons. The Morgan fingerprint density at radius 1 is 1.32 bits per heavy atom. The molecule has 3 N–H and O–H groups in total. The average molecular weight is 444 g/mol. The quantitative estimate of drug-likeness (QED) is 0.599. The van der Waals surface area contributed by atoms with Gasteiger partial charge in [0.1, 0.15) is 17.8 Å². The van der Waals surface area contributed by atoms with Crippen molar-refractivity contribution in [1.29, 1.82) is 0 Å². The number of nitrogen functional groups attached to an aromatic ring is 1. The molecule has 1 aliphatic rings. The van der Waals surface area contributed by atoms with Crippen LogP contribution in [0, 0.1) is 0 Å². The summed E-state index contributed by atoms with van der Waals surface area (Å²) in [7, 11) is 0. The fourth-order valence-corrected chi connectivity index (χ4v) is 3.61. The first kappa shape index (κ1) is 18.6. The van der Waals surface area contributed by atoms with Crippen molar-refractivity contribution in [3.63, 3.8) is 0 Å². The molecule has 9 heteroatoms. The van der Waals surface area contributed by atoms with Gasteiger partial charge < -0.3 is 20.1 Å². The molecule has 0 atom stereocenters. The highest BCUT2D eigenvalue weighted by atomic mass is 79.9. The molecular weight excluding hydrogens is 426 g/mol. The van der Waals surface area contributed by atoms with Crippen LogP contribution in [0.25, 0.3) is 11.5 Å². The summed E-state index contributed by atoms with van der Waals surface area (Å²) in [5.74, 6) is 0.151. The first-order chi connectivity index (χ1) is 13.5. The maximum Gasteiger partial charge on any atom is 0.336 e. The fraction of sp³-hybridized carbons (Fsp3) is 0.263. The zero-order valence-corrected chi connectivity index (χ0v) is 16.4. The maximum absolute atomic E-state index is 11.4. The van der Waals surface area contributed by atoms with Crippen LogP contribution >= 0.6 is 15.9 Å². The SMILES string of the molecule is Nc1cccc(-c2nncn2C2CC(OCc3ccc(Br)cc3C(=O)O)C2)n1. The normalized spacial score (nSPS) is 18.6. The van der Waals surface area contributed by atoms with E-state index in [0.717, 1.165) is 17.3 Å². The number of carboxylic acid groups (broad SMARTS) is 1. The lowest BCUT2D eigenvalue weighted by atomic mass is 9.88. The highest BCUT2D eigenvalue weighted by molar-refractivity contribution is 9.10. The molecule has 1 aliphatic carbocycles. The smallest absolute Gasteiger partial charge is 0.336 e. The monoisotopic (exact) mass is 443 g/mol. The highest BCUT2D eigenvalue weighted by Gasteiger charge is 2.33. The van der Waals surface area contributed by atoms with E-state index in [-0.39, 0.29) is 24.3 Å². The van der Waals surface area contributed by atoms with Crippen LogP contribution in [-0.4, -0.2) is 36.9 Å². The molecule has 0 bridgehead atoms. The Balaban J connectivity index is 1.39. The minimum Gasteiger partial charge on any atom is -0.478 e. The molecule has 1 saturated carbocycles. The second-order valence-electron chi connectivity index (χ2n) is 6.67. The number of rotatable bonds is 6. The topological polar surface area (TPSA) is 116 Å². The highest BCUT2D eigenvalue weighted by Crippen LogP contribution is 2.37. The van der Waals surface area contributed by atoms with Gasteiger partial charge in [0.05, 0.1) is 18.3 Å². The molecule has 2 heterocycles. The zero-order valence-electron chi connectivity index (χ0n) is 14.8. The third-order valence-corrected chi connectivity index (χ3v) is 5.31. The number of hydrogen-bond donors (Lipinski definition) is 2. The maximum atomic E-state index is 11.4. The Morgan fingerprint density at radius 2 is 2.14 bits per heavy atom. The Morgan fingerprint density at radius 3 is 2.89 bits per heavy atom. The van der Waals surface area contributed by atoms with Crippen molar-refractivity contribution in [3.05, 3.63) is 58.3 Å². The van der Waals surface area contributed by atoms with Crippen LogP contribution in [0.3, 0.4) is 0 Å². The van der Waals surface area contributed by atoms with Crippen LogP contribution in [0.15, 0.2) is 47.2 Å². The number of aromatic nitrogens is 4. The van der Waals surface area contributed by atoms with Crippen molar-refractivity contribution < 1.29 is 14.6 Å². The van der Waals surface area contributed by atoms with E-state index >= 15 is 0 Å². The Labute approximate surface area is 169 Å². The van der Waals surface area contributed by atoms with Gasteiger partial charge in [-0.05, 0) is 42.7 Å². The van der Waals surface area contributed by atoms with Crippen molar-refractivity contribution in [2.45, 2.75) is 31.6 Å². The number of carboxylic acids is 1. The van der Waals surface area contributed by atoms with E-state index in [9.17, 15) is 9.90 Å². The van der Waals surface area contributed by atoms with E-state index in [2.05, 4.69) is 31.1 Å². The molecule has 28 heavy (non-hydrogen) atoms. The molecule has 0 amide bonds. The average Bonchev–Trinajstić information content (AvgIpc) is 3.10. The number of benzene rings is 1. The number of halogens is 1. The van der Waals surface area contributed by atoms with E-state index in [0.29, 0.717) is 22.9 Å². The van der Waals surface area contributed by atoms with E-state index in [1.165, 1.54) is 0 Å². The molecule has 0 unspecified atom stereocenters. The summed E-state index contributed by atoms with van der Waals surface area (Å²) in [6, 6.07) is 10.8. The van der Waals surface area contributed by atoms with Crippen molar-refractivity contribution in [2.75, 3.05) is 5.73 Å². The van der Waals surface area contributed by atoms with Crippen molar-refractivity contribution in [1.82, 2.24) is 19.7 Å². The first-order valence-corrected chi connectivity index (χ1v) is 9.56. The Bertz CT molecular complexity index is 1020. The number of nitrogens with two attached hydrogens (primary N) is 1. The number of pyridine rings is 1. The van der Waals surface area contributed by atoms with E-state index in [1.54, 1.807) is 24.5 Å². The minimum absolute atomic E-state index is 0.0549. The number of anilines is 1. The van der Waals surface area contributed by atoms with E-state index in [1.807, 2.05) is 22.8 Å². The second kappa shape index (κ2) is 7.69. The lowest BCUT2D eigenvalue weighted by Crippen LogP contribution is -2.33. The van der Waals surface area contributed by atoms with Crippen molar-refractivity contribution in [2.24, 2.45) is 0 Å². The van der Waals surface area contributed by atoms with Gasteiger partial charge in [0, 0.05) is 10.5 Å². The van der Waals surface area contributed by atoms with Crippen LogP contribution in [0.4, 0.5) is 5.82 Å². The fourth-order valence-electron chi connectivity index (χ4n) is 3.25. The molecular formula is C19H18BrN5O3. The standard InChI is InChI=1S/C19H18BrN5O3/c20-12-5-4-11(15(6-12)19(26)27)9-28-14-7-13(8-14)25-10-22-24-18(25)16-2-1-3-17(21)23-16/h1-6,10,13-14H,7-9H2,(H2,21,23)(H,26,27). The molecule has 0 radical (unpaired) electrons. The summed E-state index contributed by atoms with van der Waals surface area (Å²) >= 11 is 3.30. The van der Waals surface area contributed by atoms with Gasteiger partial charge in [-0.15, -0.1) is 10.2 Å². The molecule has 0 spiro atoms. The molecule has 4 rings (SSSR count). The third kappa shape index (κ3) is 3.76. The molecule has 3 aromatic rings. The van der Waals surface area contributed by atoms with Crippen LogP contribution in [0.2, 0.25) is 0 Å². The number of hydrogen-bond acceptors (Lipinski definition) is 6. The molecule has 0 saturated heterocycles. The summed E-state index contributed by atoms with van der Waals surface area (Å²) in [6.45, 7) is 0.262. The van der Waals surface area contributed by atoms with E-state index < -0.39 is 5.97 Å². The molecule has 8 nitrogen and oxygen atoms in total. The minimum atomic E-state index is -0.963. The summed E-state index contributed by atoms with van der Waals surface area (Å²) in [6.07, 6.45) is 3.34. The molecule has 1 fully saturated rings. The Hall–Kier alpha value is -2.78. The zero-order chi connectivity index (χ0) is 19.7. The van der Waals surface area contributed by atoms with Gasteiger partial charge >= 0.3 is 5.97 Å². The third-order valence-electron chi connectivity index (χ3n) is 4.81. The Kier molecular flexibility index (Phi) is 5.10. The largest absolute Gasteiger partial charge is 0.478 e. The van der Waals surface area contributed by atoms with E-state index in [4.69, 9.17) is 10.5 Å². The van der Waals surface area contributed by atoms with Crippen molar-refractivity contribution >= 4 is 27.7 Å². The van der Waals surface area contributed by atoms with Gasteiger partial charge in [0.2, 0.25) is 0 Å². The van der Waals surface area contributed by atoms with Crippen LogP contribution in [0.5, 0.6) is 0 Å². The van der Waals surface area contributed by atoms with Gasteiger partial charge in [-0.1, -0.05) is 28.1 Å². The van der Waals surface area contributed by atoms with Gasteiger partial charge in [-0.2, -0.15) is 0 Å². The molecule has 0 aliphatic heterocycles. The summed E-state index contributed by atoms with van der Waals surface area (Å²) in [5, 5.41) is 17.5. The lowest BCUT2D eigenvalue weighted by Gasteiger charge is -2.36. The van der Waals surface area contributed by atoms with Crippen LogP contribution < -0.4 is 5.73 Å². The predicted molar refractivity (Wildman–Crippen MR) is 106 cm³/mol. The summed E-state index contributed by atoms with van der Waals surface area (Å²) < 4.78 is 8.64. The van der Waals surface area contributed by atoms with Gasteiger partial charge in [-0.3, -0.25) is 0 Å². The number of carbonyl (C=O) groups is 1. The lowest BCUT2D eigenvalue weighted by molar-refractivity contribution is -0.0356. The second-order valence-corrected chi connectivity index (χ2v) is 7.59. The van der Waals surface area contributed by atoms with Crippen LogP contribution in [0.1, 0.15) is 34.8 Å². The first-order valence-electron chi connectivity index (χ1n) is 8.77. The van der Waals surface area contributed by atoms with Gasteiger partial charge in [0.25, 0.3) is 0 Å². The number of nitrogens with zero attached hydrogens (tertiary/aromatic N) is 4. The number of ether oxygens (including phenoxy) is 1. The number of aromatic carboxylic acids is 1. The molecule has 1 aromatic carbocycles. The molecule has 2 aromatic heterocycles. The predicted octanol–water partition coefficient (Wildman–Crippen LogP) is 3.30. The summed E-state index contributed by atoms with van der Waals surface area (Å²) in [4.78, 5) is 15.7. The summed E-state index contributed by atoms with van der Waals surface area (Å²) in [5.41, 5.74) is 7.36.